The van der Waals surface area contributed by atoms with E-state index in [1.165, 1.54) is 27.9 Å². The highest BCUT2D eigenvalue weighted by Crippen LogP contribution is 2.41. The van der Waals surface area contributed by atoms with Gasteiger partial charge in [-0.3, -0.25) is 4.99 Å². The van der Waals surface area contributed by atoms with Crippen LogP contribution in [0.25, 0.3) is 0 Å². The van der Waals surface area contributed by atoms with Gasteiger partial charge in [-0.1, -0.05) is 120 Å². The van der Waals surface area contributed by atoms with E-state index in [0.717, 1.165) is 47.6 Å². The first-order chi connectivity index (χ1) is 20.7. The molecule has 2 atom stereocenters. The van der Waals surface area contributed by atoms with E-state index in [1.807, 2.05) is 13.0 Å². The average molecular weight is 572 g/mol. The fourth-order valence-corrected chi connectivity index (χ4v) is 6.21. The number of hydrogen-bond donors (Lipinski definition) is 1. The molecule has 0 fully saturated rings. The molecule has 1 aliphatic heterocycles. The van der Waals surface area contributed by atoms with Crippen molar-refractivity contribution in [2.75, 3.05) is 17.3 Å². The summed E-state index contributed by atoms with van der Waals surface area (Å²) in [6.45, 7) is 24.1. The predicted octanol–water partition coefficient (Wildman–Crippen LogP) is 11.1. The van der Waals surface area contributed by atoms with Crippen molar-refractivity contribution in [1.29, 1.82) is 0 Å². The summed E-state index contributed by atoms with van der Waals surface area (Å²) in [4.78, 5) is 7.49. The minimum absolute atomic E-state index is 0.0607. The molecule has 0 saturated heterocycles. The van der Waals surface area contributed by atoms with E-state index in [-0.39, 0.29) is 12.0 Å². The van der Waals surface area contributed by atoms with Crippen molar-refractivity contribution in [2.45, 2.75) is 77.7 Å². The van der Waals surface area contributed by atoms with Crippen molar-refractivity contribution in [3.05, 3.63) is 138 Å². The molecule has 0 amide bonds. The van der Waals surface area contributed by atoms with Crippen molar-refractivity contribution in [2.24, 2.45) is 4.99 Å². The van der Waals surface area contributed by atoms with Gasteiger partial charge < -0.3 is 10.2 Å². The van der Waals surface area contributed by atoms with Crippen LogP contribution in [0.2, 0.25) is 0 Å². The van der Waals surface area contributed by atoms with Crippen LogP contribution in [0, 0.1) is 0 Å². The molecule has 1 N–H and O–H groups in total. The van der Waals surface area contributed by atoms with Crippen LogP contribution in [0.4, 0.5) is 17.1 Å². The van der Waals surface area contributed by atoms with Gasteiger partial charge in [-0.15, -0.1) is 0 Å². The minimum Gasteiger partial charge on any atom is -0.353 e. The summed E-state index contributed by atoms with van der Waals surface area (Å²) >= 11 is 0. The van der Waals surface area contributed by atoms with Crippen molar-refractivity contribution in [3.63, 3.8) is 0 Å². The van der Waals surface area contributed by atoms with E-state index >= 15 is 0 Å². The number of nitrogens with one attached hydrogen (secondary N) is 1. The molecule has 3 aromatic carbocycles. The lowest BCUT2D eigenvalue weighted by Crippen LogP contribution is -2.29. The molecular formula is C40H49N3. The Morgan fingerprint density at radius 3 is 2.23 bits per heavy atom. The molecule has 0 radical (unpaired) electrons. The predicted molar refractivity (Wildman–Crippen MR) is 189 cm³/mol. The average Bonchev–Trinajstić information content (AvgIpc) is 3.00. The molecule has 0 aromatic heterocycles. The highest BCUT2D eigenvalue weighted by Gasteiger charge is 2.31. The highest BCUT2D eigenvalue weighted by molar-refractivity contribution is 6.10. The number of rotatable bonds is 13. The van der Waals surface area contributed by atoms with Crippen LogP contribution in [0.3, 0.4) is 0 Å². The lowest BCUT2D eigenvalue weighted by molar-refractivity contribution is 0.490. The summed E-state index contributed by atoms with van der Waals surface area (Å²) in [6.07, 6.45) is 8.73. The Kier molecular flexibility index (Phi) is 10.6. The van der Waals surface area contributed by atoms with Gasteiger partial charge in [0, 0.05) is 36.3 Å². The molecule has 3 heteroatoms. The van der Waals surface area contributed by atoms with Crippen LogP contribution in [0.1, 0.15) is 93.9 Å². The van der Waals surface area contributed by atoms with Crippen molar-refractivity contribution in [3.8, 4) is 0 Å². The molecule has 3 nitrogen and oxygen atoms in total. The number of anilines is 3. The number of fused-ring (bicyclic) bond motifs is 1. The monoisotopic (exact) mass is 571 g/mol. The molecule has 4 rings (SSSR count). The second-order valence-corrected chi connectivity index (χ2v) is 12.3. The van der Waals surface area contributed by atoms with E-state index in [0.29, 0.717) is 11.8 Å². The summed E-state index contributed by atoms with van der Waals surface area (Å²) in [5.74, 6) is 1.09. The zero-order valence-electron chi connectivity index (χ0n) is 27.0. The molecule has 2 unspecified atom stereocenters. The van der Waals surface area contributed by atoms with Gasteiger partial charge in [0.25, 0.3) is 0 Å². The molecule has 1 heterocycles. The maximum absolute atomic E-state index is 5.26. The van der Waals surface area contributed by atoms with Crippen LogP contribution in [0.5, 0.6) is 0 Å². The molecule has 1 aliphatic rings. The maximum Gasteiger partial charge on any atom is 0.0647 e. The van der Waals surface area contributed by atoms with Gasteiger partial charge in [0.05, 0.1) is 23.1 Å². The van der Waals surface area contributed by atoms with E-state index in [4.69, 9.17) is 4.99 Å². The number of nitrogens with zero attached hydrogens (tertiary/aromatic N) is 2. The third-order valence-electron chi connectivity index (χ3n) is 8.59. The summed E-state index contributed by atoms with van der Waals surface area (Å²) in [5, 5.41) is 3.85. The van der Waals surface area contributed by atoms with Crippen LogP contribution >= 0.6 is 0 Å². The van der Waals surface area contributed by atoms with E-state index in [2.05, 4.69) is 144 Å². The second-order valence-electron chi connectivity index (χ2n) is 12.3. The number of hydrogen-bond acceptors (Lipinski definition) is 3. The molecule has 0 aliphatic carbocycles. The van der Waals surface area contributed by atoms with Crippen LogP contribution in [0.15, 0.2) is 121 Å². The molecule has 0 bridgehead atoms. The Morgan fingerprint density at radius 1 is 0.930 bits per heavy atom. The third kappa shape index (κ3) is 7.28. The highest BCUT2D eigenvalue weighted by atomic mass is 15.1. The van der Waals surface area contributed by atoms with Gasteiger partial charge in [0.15, 0.2) is 0 Å². The molecule has 43 heavy (non-hydrogen) atoms. The van der Waals surface area contributed by atoms with Crippen molar-refractivity contribution in [1.82, 2.24) is 0 Å². The zero-order chi connectivity index (χ0) is 31.1. The zero-order valence-corrected chi connectivity index (χ0v) is 27.0. The van der Waals surface area contributed by atoms with Gasteiger partial charge in [0.1, 0.15) is 0 Å². The standard InChI is InChI=1S/C40H49N3/c1-10-17-29(7)24-25-35-33-18-12-13-19-34(33)36(11-2)41-38(35)26-30(8)43(9)39-23-15-14-22-37(39)42-40-31(27(3)4)20-16-21-32(40)28(5)6/h10-23,27-28,35,38,42H,2,7-8,24-26H2,1,3-6,9H3/b17-10-. The Hall–Kier alpha value is -4.11. The van der Waals surface area contributed by atoms with E-state index < -0.39 is 0 Å². The number of aliphatic imine (C=N–C) groups is 1. The Balaban J connectivity index is 1.65. The fraction of sp³-hybridized carbons (Fsp3) is 0.325. The van der Waals surface area contributed by atoms with Gasteiger partial charge in [-0.25, -0.2) is 0 Å². The Bertz CT molecular complexity index is 1490. The largest absolute Gasteiger partial charge is 0.353 e. The minimum atomic E-state index is 0.0607. The quantitative estimate of drug-likeness (QED) is 0.207. The van der Waals surface area contributed by atoms with Crippen molar-refractivity contribution < 1.29 is 0 Å². The smallest absolute Gasteiger partial charge is 0.0647 e. The third-order valence-corrected chi connectivity index (χ3v) is 8.59. The molecule has 0 saturated carbocycles. The summed E-state index contributed by atoms with van der Waals surface area (Å²) < 4.78 is 0. The summed E-state index contributed by atoms with van der Waals surface area (Å²) in [5.41, 5.74) is 11.7. The molecule has 3 aromatic rings. The second kappa shape index (κ2) is 14.4. The van der Waals surface area contributed by atoms with Gasteiger partial charge in [-0.05, 0) is 66.5 Å². The van der Waals surface area contributed by atoms with Gasteiger partial charge >= 0.3 is 0 Å². The van der Waals surface area contributed by atoms with E-state index in [9.17, 15) is 0 Å². The van der Waals surface area contributed by atoms with Crippen LogP contribution in [-0.4, -0.2) is 18.8 Å². The lowest BCUT2D eigenvalue weighted by atomic mass is 9.79. The fourth-order valence-electron chi connectivity index (χ4n) is 6.21. The van der Waals surface area contributed by atoms with Crippen LogP contribution < -0.4 is 10.2 Å². The molecule has 224 valence electrons. The lowest BCUT2D eigenvalue weighted by Gasteiger charge is -2.34. The number of benzene rings is 3. The first kappa shape index (κ1) is 31.8. The normalized spacial score (nSPS) is 16.2. The number of para-hydroxylation sites is 3. The first-order valence-corrected chi connectivity index (χ1v) is 15.7. The summed E-state index contributed by atoms with van der Waals surface area (Å²) in [6, 6.07) is 23.9. The maximum atomic E-state index is 5.26. The topological polar surface area (TPSA) is 27.6 Å². The van der Waals surface area contributed by atoms with Gasteiger partial charge in [0.2, 0.25) is 0 Å². The van der Waals surface area contributed by atoms with Crippen molar-refractivity contribution >= 4 is 22.8 Å². The number of allylic oxidation sites excluding steroid dienone is 4. The summed E-state index contributed by atoms with van der Waals surface area (Å²) in [7, 11) is 2.12. The molecule has 0 spiro atoms. The Morgan fingerprint density at radius 2 is 1.58 bits per heavy atom. The Labute approximate surface area is 260 Å². The SMILES string of the molecule is C=CC1=NC(CC(=C)N(C)c2ccccc2Nc2c(C(C)C)cccc2C(C)C)C(CCC(=C)/C=C\C)c2ccccc21. The van der Waals surface area contributed by atoms with E-state index in [1.54, 1.807) is 0 Å². The molecular weight excluding hydrogens is 522 g/mol. The van der Waals surface area contributed by atoms with Gasteiger partial charge in [-0.2, -0.15) is 0 Å². The first-order valence-electron chi connectivity index (χ1n) is 15.7. The van der Waals surface area contributed by atoms with Crippen LogP contribution in [-0.2, 0) is 0 Å².